The lowest BCUT2D eigenvalue weighted by atomic mass is 9.82. The number of hydrogen-bond acceptors (Lipinski definition) is 5. The number of esters is 1. The minimum atomic E-state index is -1.34. The van der Waals surface area contributed by atoms with E-state index in [9.17, 15) is 9.90 Å². The smallest absolute Gasteiger partial charge is 0.340 e. The van der Waals surface area contributed by atoms with E-state index in [-0.39, 0.29) is 6.10 Å². The van der Waals surface area contributed by atoms with Crippen molar-refractivity contribution in [2.45, 2.75) is 66.6 Å². The Morgan fingerprint density at radius 1 is 1.24 bits per heavy atom. The fourth-order valence-corrected chi connectivity index (χ4v) is 3.76. The number of aryl methyl sites for hydroxylation is 2. The van der Waals surface area contributed by atoms with Gasteiger partial charge in [0, 0.05) is 24.3 Å². The minimum absolute atomic E-state index is 0.274. The van der Waals surface area contributed by atoms with Crippen molar-refractivity contribution < 1.29 is 14.6 Å². The summed E-state index contributed by atoms with van der Waals surface area (Å²) >= 11 is 3.63. The molecule has 0 bridgehead atoms. The second-order valence-electron chi connectivity index (χ2n) is 7.90. The van der Waals surface area contributed by atoms with E-state index in [1.807, 2.05) is 13.8 Å². The molecule has 1 aromatic heterocycles. The van der Waals surface area contributed by atoms with Crippen molar-refractivity contribution in [1.82, 2.24) is 4.98 Å². The molecule has 140 valence electrons. The van der Waals surface area contributed by atoms with E-state index in [2.05, 4.69) is 39.7 Å². The summed E-state index contributed by atoms with van der Waals surface area (Å²) in [6.07, 6.45) is 0.512. The van der Waals surface area contributed by atoms with Crippen molar-refractivity contribution in [1.29, 1.82) is 0 Å². The third-order valence-electron chi connectivity index (χ3n) is 4.79. The highest BCUT2D eigenvalue weighted by Gasteiger charge is 2.33. The molecule has 25 heavy (non-hydrogen) atoms. The van der Waals surface area contributed by atoms with Crippen molar-refractivity contribution >= 4 is 27.6 Å². The van der Waals surface area contributed by atoms with Crippen molar-refractivity contribution in [3.8, 4) is 0 Å². The number of piperidine rings is 1. The molecular weight excluding hydrogens is 384 g/mol. The van der Waals surface area contributed by atoms with Crippen LogP contribution in [0.4, 0.5) is 5.69 Å². The average molecular weight is 413 g/mol. The van der Waals surface area contributed by atoms with Gasteiger partial charge in [0.15, 0.2) is 6.10 Å². The van der Waals surface area contributed by atoms with Crippen LogP contribution in [0, 0.1) is 19.3 Å². The van der Waals surface area contributed by atoms with E-state index >= 15 is 0 Å². The van der Waals surface area contributed by atoms with Crippen LogP contribution in [0.25, 0.3) is 0 Å². The van der Waals surface area contributed by atoms with Crippen LogP contribution in [0.3, 0.4) is 0 Å². The summed E-state index contributed by atoms with van der Waals surface area (Å²) in [6.45, 7) is 13.6. The Morgan fingerprint density at radius 2 is 1.80 bits per heavy atom. The molecule has 0 aromatic carbocycles. The Morgan fingerprint density at radius 3 is 2.32 bits per heavy atom. The normalized spacial score (nSPS) is 18.4. The summed E-state index contributed by atoms with van der Waals surface area (Å²) in [7, 11) is 0. The van der Waals surface area contributed by atoms with Crippen LogP contribution >= 0.6 is 15.9 Å². The van der Waals surface area contributed by atoms with Gasteiger partial charge < -0.3 is 14.7 Å². The van der Waals surface area contributed by atoms with Crippen LogP contribution in [-0.4, -0.2) is 35.3 Å². The quantitative estimate of drug-likeness (QED) is 0.754. The van der Waals surface area contributed by atoms with Crippen LogP contribution in [-0.2, 0) is 9.53 Å². The fourth-order valence-electron chi connectivity index (χ4n) is 3.21. The predicted octanol–water partition coefficient (Wildman–Crippen LogP) is 4.07. The van der Waals surface area contributed by atoms with Crippen molar-refractivity contribution in [3.63, 3.8) is 0 Å². The zero-order valence-electron chi connectivity index (χ0n) is 16.0. The van der Waals surface area contributed by atoms with E-state index < -0.39 is 12.1 Å². The van der Waals surface area contributed by atoms with Crippen LogP contribution < -0.4 is 4.90 Å². The molecule has 0 amide bonds. The molecule has 1 atom stereocenters. The summed E-state index contributed by atoms with van der Waals surface area (Å²) in [6, 6.07) is 0. The molecule has 1 aliphatic heterocycles. The summed E-state index contributed by atoms with van der Waals surface area (Å²) in [4.78, 5) is 19.1. The van der Waals surface area contributed by atoms with Crippen LogP contribution in [0.5, 0.6) is 0 Å². The number of hydrogen-bond donors (Lipinski definition) is 1. The zero-order valence-corrected chi connectivity index (χ0v) is 17.6. The van der Waals surface area contributed by atoms with Crippen molar-refractivity contribution in [2.75, 3.05) is 18.0 Å². The number of aromatic nitrogens is 1. The number of pyridine rings is 1. The number of nitrogens with zero attached hydrogens (tertiary/aromatic N) is 2. The molecule has 0 spiro atoms. The first-order valence-electron chi connectivity index (χ1n) is 8.83. The van der Waals surface area contributed by atoms with Gasteiger partial charge in [0.25, 0.3) is 0 Å². The maximum absolute atomic E-state index is 12.3. The number of carbonyl (C=O) groups excluding carboxylic acids is 1. The largest absolute Gasteiger partial charge is 0.461 e. The molecule has 1 aliphatic rings. The number of anilines is 1. The highest BCUT2D eigenvalue weighted by molar-refractivity contribution is 9.10. The molecule has 1 aromatic rings. The van der Waals surface area contributed by atoms with Crippen molar-refractivity contribution in [3.05, 3.63) is 21.4 Å². The molecule has 1 fully saturated rings. The molecule has 1 saturated heterocycles. The van der Waals surface area contributed by atoms with E-state index in [1.54, 1.807) is 13.8 Å². The van der Waals surface area contributed by atoms with E-state index in [4.69, 9.17) is 4.74 Å². The minimum Gasteiger partial charge on any atom is -0.461 e. The average Bonchev–Trinajstić information content (AvgIpc) is 2.49. The van der Waals surface area contributed by atoms with Gasteiger partial charge in [-0.05, 0) is 61.9 Å². The topological polar surface area (TPSA) is 62.7 Å². The Balaban J connectivity index is 2.46. The van der Waals surface area contributed by atoms with Crippen LogP contribution in [0.15, 0.2) is 4.47 Å². The number of rotatable bonds is 4. The number of ether oxygens (including phenoxy) is 1. The second-order valence-corrected chi connectivity index (χ2v) is 8.69. The zero-order chi connectivity index (χ0) is 18.9. The molecule has 6 heteroatoms. The van der Waals surface area contributed by atoms with Gasteiger partial charge in [0.2, 0.25) is 0 Å². The third kappa shape index (κ3) is 4.53. The lowest BCUT2D eigenvalue weighted by molar-refractivity contribution is -0.157. The summed E-state index contributed by atoms with van der Waals surface area (Å²) in [5.74, 6) is -0.630. The van der Waals surface area contributed by atoms with Gasteiger partial charge in [-0.2, -0.15) is 0 Å². The van der Waals surface area contributed by atoms with Crippen LogP contribution in [0.2, 0.25) is 0 Å². The summed E-state index contributed by atoms with van der Waals surface area (Å²) in [5.41, 5.74) is 3.24. The first kappa shape index (κ1) is 20.2. The highest BCUT2D eigenvalue weighted by atomic mass is 79.9. The maximum Gasteiger partial charge on any atom is 0.340 e. The second kappa shape index (κ2) is 7.62. The maximum atomic E-state index is 12.3. The molecule has 1 N–H and O–H groups in total. The Bertz CT molecular complexity index is 649. The summed E-state index contributed by atoms with van der Waals surface area (Å²) in [5, 5.41) is 10.7. The van der Waals surface area contributed by atoms with Gasteiger partial charge in [0.05, 0.1) is 22.0 Å². The van der Waals surface area contributed by atoms with Crippen molar-refractivity contribution in [2.24, 2.45) is 5.41 Å². The fraction of sp³-hybridized carbons (Fsp3) is 0.684. The SMILES string of the molecule is Cc1nc(C)c(C(O)C(=O)OC(C)C)c(N2CCC(C)(C)CC2)c1Br. The number of carbonyl (C=O) groups is 1. The van der Waals surface area contributed by atoms with Crippen LogP contribution in [0.1, 0.15) is 63.6 Å². The molecular formula is C19H29BrN2O3. The number of halogens is 1. The molecule has 5 nitrogen and oxygen atoms in total. The molecule has 2 rings (SSSR count). The van der Waals surface area contributed by atoms with Gasteiger partial charge in [0.1, 0.15) is 0 Å². The van der Waals surface area contributed by atoms with Gasteiger partial charge in [-0.15, -0.1) is 0 Å². The van der Waals surface area contributed by atoms with Gasteiger partial charge in [-0.25, -0.2) is 4.79 Å². The molecule has 0 radical (unpaired) electrons. The Labute approximate surface area is 158 Å². The highest BCUT2D eigenvalue weighted by Crippen LogP contribution is 2.41. The predicted molar refractivity (Wildman–Crippen MR) is 103 cm³/mol. The molecule has 0 aliphatic carbocycles. The Kier molecular flexibility index (Phi) is 6.15. The van der Waals surface area contributed by atoms with Gasteiger partial charge >= 0.3 is 5.97 Å². The summed E-state index contributed by atoms with van der Waals surface area (Å²) < 4.78 is 6.05. The lowest BCUT2D eigenvalue weighted by Crippen LogP contribution is -2.38. The molecule has 2 heterocycles. The van der Waals surface area contributed by atoms with Gasteiger partial charge in [-0.3, -0.25) is 4.98 Å². The Hall–Kier alpha value is -1.14. The van der Waals surface area contributed by atoms with Gasteiger partial charge in [-0.1, -0.05) is 13.8 Å². The van der Waals surface area contributed by atoms with E-state index in [0.29, 0.717) is 16.7 Å². The first-order chi connectivity index (χ1) is 11.5. The monoisotopic (exact) mass is 412 g/mol. The molecule has 1 unspecified atom stereocenters. The third-order valence-corrected chi connectivity index (χ3v) is 5.74. The number of aliphatic hydroxyl groups is 1. The lowest BCUT2D eigenvalue weighted by Gasteiger charge is -2.40. The van der Waals surface area contributed by atoms with E-state index in [0.717, 1.165) is 41.8 Å². The number of aliphatic hydroxyl groups excluding tert-OH is 1. The first-order valence-corrected chi connectivity index (χ1v) is 9.63. The standard InChI is InChI=1S/C19H29BrN2O3/c1-11(2)25-18(24)17(23)14-12(3)21-13(4)15(20)16(14)22-9-7-19(5,6)8-10-22/h11,17,23H,7-10H2,1-6H3. The molecule has 0 saturated carbocycles. The van der Waals surface area contributed by atoms with E-state index in [1.165, 1.54) is 0 Å².